The molecule has 5 heteroatoms. The first kappa shape index (κ1) is 16.0. The van der Waals surface area contributed by atoms with E-state index in [1.807, 2.05) is 30.3 Å². The van der Waals surface area contributed by atoms with Crippen molar-refractivity contribution in [2.24, 2.45) is 11.7 Å². The maximum atomic E-state index is 12.7. The Morgan fingerprint density at radius 1 is 1.13 bits per heavy atom. The number of primary amides is 1. The van der Waals surface area contributed by atoms with Crippen LogP contribution in [-0.2, 0) is 16.1 Å². The molecule has 2 aliphatic rings. The van der Waals surface area contributed by atoms with E-state index in [9.17, 15) is 9.59 Å². The Morgan fingerprint density at radius 3 is 2.39 bits per heavy atom. The molecule has 2 heterocycles. The summed E-state index contributed by atoms with van der Waals surface area (Å²) in [7, 11) is 0. The molecule has 2 aliphatic heterocycles. The third-order valence-corrected chi connectivity index (χ3v) is 4.95. The van der Waals surface area contributed by atoms with Crippen LogP contribution in [0.3, 0.4) is 0 Å². The molecule has 0 aliphatic carbocycles. The van der Waals surface area contributed by atoms with Crippen molar-refractivity contribution in [2.75, 3.05) is 6.54 Å². The Hall–Kier alpha value is -1.88. The van der Waals surface area contributed by atoms with Crippen molar-refractivity contribution in [1.29, 1.82) is 0 Å². The predicted octanol–water partition coefficient (Wildman–Crippen LogP) is 1.42. The molecule has 2 unspecified atom stereocenters. The molecular weight excluding hydrogens is 290 g/mol. The molecule has 3 rings (SSSR count). The van der Waals surface area contributed by atoms with Gasteiger partial charge < -0.3 is 16.0 Å². The number of hydrogen-bond acceptors (Lipinski definition) is 3. The van der Waals surface area contributed by atoms with E-state index in [2.05, 4.69) is 5.32 Å². The van der Waals surface area contributed by atoms with E-state index in [0.29, 0.717) is 31.0 Å². The molecule has 1 aromatic rings. The molecule has 2 saturated heterocycles. The van der Waals surface area contributed by atoms with Crippen molar-refractivity contribution in [3.8, 4) is 0 Å². The quantitative estimate of drug-likeness (QED) is 0.833. The van der Waals surface area contributed by atoms with Gasteiger partial charge in [-0.05, 0) is 37.2 Å². The van der Waals surface area contributed by atoms with Gasteiger partial charge in [-0.15, -0.1) is 0 Å². The van der Waals surface area contributed by atoms with Crippen LogP contribution in [0, 0.1) is 5.92 Å². The molecule has 23 heavy (non-hydrogen) atoms. The topological polar surface area (TPSA) is 75.4 Å². The minimum absolute atomic E-state index is 0.00838. The third kappa shape index (κ3) is 4.32. The van der Waals surface area contributed by atoms with E-state index in [4.69, 9.17) is 5.73 Å². The van der Waals surface area contributed by atoms with Crippen molar-refractivity contribution in [1.82, 2.24) is 10.2 Å². The molecule has 0 radical (unpaired) electrons. The van der Waals surface area contributed by atoms with Gasteiger partial charge in [-0.3, -0.25) is 9.59 Å². The molecule has 1 aromatic carbocycles. The smallest absolute Gasteiger partial charge is 0.237 e. The highest BCUT2D eigenvalue weighted by Crippen LogP contribution is 2.33. The van der Waals surface area contributed by atoms with Crippen LogP contribution in [0.15, 0.2) is 30.3 Å². The van der Waals surface area contributed by atoms with Crippen molar-refractivity contribution in [2.45, 2.75) is 50.7 Å². The third-order valence-electron chi connectivity index (χ3n) is 4.95. The summed E-state index contributed by atoms with van der Waals surface area (Å²) in [6.07, 6.45) is 5.11. The first-order valence-electron chi connectivity index (χ1n) is 8.46. The lowest BCUT2D eigenvalue weighted by Crippen LogP contribution is -2.42. The van der Waals surface area contributed by atoms with Crippen molar-refractivity contribution in [3.63, 3.8) is 0 Å². The van der Waals surface area contributed by atoms with E-state index >= 15 is 0 Å². The Kier molecular flexibility index (Phi) is 4.96. The van der Waals surface area contributed by atoms with Gasteiger partial charge in [-0.1, -0.05) is 30.3 Å². The molecule has 2 fully saturated rings. The fourth-order valence-electron chi connectivity index (χ4n) is 3.94. The number of carbonyl (C=O) groups is 2. The van der Waals surface area contributed by atoms with Crippen LogP contribution in [0.4, 0.5) is 0 Å². The fourth-order valence-corrected chi connectivity index (χ4v) is 3.94. The Balaban J connectivity index is 1.61. The van der Waals surface area contributed by atoms with Crippen LogP contribution in [0.1, 0.15) is 37.7 Å². The van der Waals surface area contributed by atoms with Gasteiger partial charge >= 0.3 is 0 Å². The van der Waals surface area contributed by atoms with E-state index in [0.717, 1.165) is 18.4 Å². The molecule has 2 bridgehead atoms. The maximum Gasteiger partial charge on any atom is 0.237 e. The average molecular weight is 315 g/mol. The minimum atomic E-state index is -0.459. The van der Waals surface area contributed by atoms with Gasteiger partial charge in [0.25, 0.3) is 0 Å². The fraction of sp³-hybridized carbons (Fsp3) is 0.556. The molecule has 124 valence electrons. The Morgan fingerprint density at radius 2 is 1.78 bits per heavy atom. The summed E-state index contributed by atoms with van der Waals surface area (Å²) in [5.74, 6) is 0.00557. The molecule has 0 spiro atoms. The molecule has 2 amide bonds. The standard InChI is InChI=1S/C18H25N3O2/c19-17(22)12-21(11-13-4-2-1-3-5-13)18(23)10-14-8-15-6-7-16(9-14)20-15/h1-5,14-16,20H,6-12H2,(H2,19,22). The van der Waals surface area contributed by atoms with Gasteiger partial charge in [0.15, 0.2) is 0 Å². The zero-order valence-electron chi connectivity index (χ0n) is 13.4. The Labute approximate surface area is 137 Å². The summed E-state index contributed by atoms with van der Waals surface area (Å²) < 4.78 is 0. The number of nitrogens with two attached hydrogens (primary N) is 1. The molecule has 3 N–H and O–H groups in total. The second-order valence-corrected chi connectivity index (χ2v) is 6.88. The zero-order chi connectivity index (χ0) is 16.2. The van der Waals surface area contributed by atoms with Crippen molar-refractivity contribution < 1.29 is 9.59 Å². The van der Waals surface area contributed by atoms with E-state index in [1.54, 1.807) is 4.90 Å². The van der Waals surface area contributed by atoms with Crippen LogP contribution in [0.5, 0.6) is 0 Å². The lowest BCUT2D eigenvalue weighted by Gasteiger charge is -2.30. The Bertz CT molecular complexity index is 549. The van der Waals surface area contributed by atoms with Gasteiger partial charge in [0.05, 0.1) is 6.54 Å². The first-order valence-corrected chi connectivity index (χ1v) is 8.46. The summed E-state index contributed by atoms with van der Waals surface area (Å²) in [5, 5.41) is 3.60. The molecule has 2 atom stereocenters. The minimum Gasteiger partial charge on any atom is -0.368 e. The lowest BCUT2D eigenvalue weighted by atomic mass is 9.89. The summed E-state index contributed by atoms with van der Waals surface area (Å²) >= 11 is 0. The average Bonchev–Trinajstić information content (AvgIpc) is 2.86. The van der Waals surface area contributed by atoms with Gasteiger partial charge in [0.2, 0.25) is 11.8 Å². The molecule has 0 aromatic heterocycles. The van der Waals surface area contributed by atoms with Crippen molar-refractivity contribution in [3.05, 3.63) is 35.9 Å². The largest absolute Gasteiger partial charge is 0.368 e. The molecule has 5 nitrogen and oxygen atoms in total. The number of nitrogens with zero attached hydrogens (tertiary/aromatic N) is 1. The predicted molar refractivity (Wildman–Crippen MR) is 88.3 cm³/mol. The summed E-state index contributed by atoms with van der Waals surface area (Å²) in [6, 6.07) is 10.9. The number of carbonyl (C=O) groups excluding carboxylic acids is 2. The van der Waals surface area contributed by atoms with E-state index < -0.39 is 5.91 Å². The van der Waals surface area contributed by atoms with Gasteiger partial charge in [-0.2, -0.15) is 0 Å². The second-order valence-electron chi connectivity index (χ2n) is 6.88. The van der Waals surface area contributed by atoms with Gasteiger partial charge in [0, 0.05) is 25.0 Å². The highest BCUT2D eigenvalue weighted by atomic mass is 16.2. The SMILES string of the molecule is NC(=O)CN(Cc1ccccc1)C(=O)CC1CC2CCC(C1)N2. The first-order chi connectivity index (χ1) is 11.1. The normalized spacial score (nSPS) is 26.0. The van der Waals surface area contributed by atoms with Crippen LogP contribution >= 0.6 is 0 Å². The van der Waals surface area contributed by atoms with E-state index in [1.165, 1.54) is 12.8 Å². The summed E-state index contributed by atoms with van der Waals surface area (Å²) in [5.41, 5.74) is 6.35. The highest BCUT2D eigenvalue weighted by Gasteiger charge is 2.34. The number of fused-ring (bicyclic) bond motifs is 2. The number of rotatable bonds is 6. The number of piperidine rings is 1. The lowest BCUT2D eigenvalue weighted by molar-refractivity contribution is -0.136. The highest BCUT2D eigenvalue weighted by molar-refractivity contribution is 5.83. The molecule has 0 saturated carbocycles. The van der Waals surface area contributed by atoms with Crippen molar-refractivity contribution >= 4 is 11.8 Å². The maximum absolute atomic E-state index is 12.7. The summed E-state index contributed by atoms with van der Waals surface area (Å²) in [4.78, 5) is 25.6. The number of amides is 2. The summed E-state index contributed by atoms with van der Waals surface area (Å²) in [6.45, 7) is 0.437. The number of nitrogens with one attached hydrogen (secondary N) is 1. The van der Waals surface area contributed by atoms with Gasteiger partial charge in [0.1, 0.15) is 0 Å². The molecular formula is C18H25N3O2. The van der Waals surface area contributed by atoms with Crippen LogP contribution in [0.25, 0.3) is 0 Å². The van der Waals surface area contributed by atoms with Gasteiger partial charge in [-0.25, -0.2) is 0 Å². The van der Waals surface area contributed by atoms with Crippen LogP contribution < -0.4 is 11.1 Å². The second kappa shape index (κ2) is 7.13. The van der Waals surface area contributed by atoms with E-state index in [-0.39, 0.29) is 12.5 Å². The van der Waals surface area contributed by atoms with Crippen LogP contribution in [-0.4, -0.2) is 35.3 Å². The number of benzene rings is 1. The van der Waals surface area contributed by atoms with Crippen LogP contribution in [0.2, 0.25) is 0 Å². The zero-order valence-corrected chi connectivity index (χ0v) is 13.4. The number of hydrogen-bond donors (Lipinski definition) is 2. The monoisotopic (exact) mass is 315 g/mol.